The third kappa shape index (κ3) is 3.26. The van der Waals surface area contributed by atoms with Crippen LogP contribution in [-0.4, -0.2) is 39.4 Å². The summed E-state index contributed by atoms with van der Waals surface area (Å²) in [5.41, 5.74) is -1.20. The van der Waals surface area contributed by atoms with Gasteiger partial charge in [-0.2, -0.15) is 0 Å². The molecule has 0 saturated heterocycles. The molecule has 5 heteroatoms. The van der Waals surface area contributed by atoms with Crippen LogP contribution in [0.15, 0.2) is 0 Å². The predicted octanol–water partition coefficient (Wildman–Crippen LogP) is 1.94. The number of carbonyl (C=O) groups excluding carboxylic acids is 2. The maximum Gasteiger partial charge on any atom is 0.323 e. The quantitative estimate of drug-likeness (QED) is 0.402. The topological polar surface area (TPSA) is 61.8 Å². The standard InChI is InChI=1S/C14H24O5/c1-4-19-10-9-14(12(15)17-2,13(16)18-3)11-7-5-6-8-11/h11H,4-10H2,1-3H3. The molecule has 0 N–H and O–H groups in total. The monoisotopic (exact) mass is 272 g/mol. The Balaban J connectivity index is 3.00. The number of hydrogen-bond donors (Lipinski definition) is 0. The van der Waals surface area contributed by atoms with Gasteiger partial charge in [0.05, 0.1) is 14.2 Å². The zero-order chi connectivity index (χ0) is 14.3. The smallest absolute Gasteiger partial charge is 0.323 e. The van der Waals surface area contributed by atoms with Crippen LogP contribution in [0.5, 0.6) is 0 Å². The summed E-state index contributed by atoms with van der Waals surface area (Å²) in [6.45, 7) is 2.80. The summed E-state index contributed by atoms with van der Waals surface area (Å²) in [4.78, 5) is 24.5. The highest BCUT2D eigenvalue weighted by Gasteiger charge is 2.54. The van der Waals surface area contributed by atoms with Crippen molar-refractivity contribution in [2.24, 2.45) is 11.3 Å². The van der Waals surface area contributed by atoms with Gasteiger partial charge < -0.3 is 14.2 Å². The molecule has 0 heterocycles. The molecule has 5 nitrogen and oxygen atoms in total. The lowest BCUT2D eigenvalue weighted by Crippen LogP contribution is -2.47. The highest BCUT2D eigenvalue weighted by Crippen LogP contribution is 2.44. The average molecular weight is 272 g/mol. The van der Waals surface area contributed by atoms with Gasteiger partial charge in [-0.25, -0.2) is 0 Å². The van der Waals surface area contributed by atoms with Crippen molar-refractivity contribution in [1.29, 1.82) is 0 Å². The predicted molar refractivity (Wildman–Crippen MR) is 69.5 cm³/mol. The van der Waals surface area contributed by atoms with Gasteiger partial charge >= 0.3 is 11.9 Å². The average Bonchev–Trinajstić information content (AvgIpc) is 2.96. The lowest BCUT2D eigenvalue weighted by molar-refractivity contribution is -0.175. The van der Waals surface area contributed by atoms with E-state index >= 15 is 0 Å². The van der Waals surface area contributed by atoms with Crippen LogP contribution in [0.25, 0.3) is 0 Å². The molecule has 0 amide bonds. The van der Waals surface area contributed by atoms with Crippen LogP contribution in [0, 0.1) is 11.3 Å². The second-order valence-electron chi connectivity index (χ2n) is 4.88. The van der Waals surface area contributed by atoms with Crippen LogP contribution in [-0.2, 0) is 23.8 Å². The van der Waals surface area contributed by atoms with Gasteiger partial charge in [-0.15, -0.1) is 0 Å². The Morgan fingerprint density at radius 3 is 2.05 bits per heavy atom. The number of ether oxygens (including phenoxy) is 3. The molecule has 110 valence electrons. The first-order valence-electron chi connectivity index (χ1n) is 6.88. The largest absolute Gasteiger partial charge is 0.468 e. The Labute approximate surface area is 114 Å². The number of rotatable bonds is 7. The van der Waals surface area contributed by atoms with E-state index in [0.29, 0.717) is 19.6 Å². The number of esters is 2. The number of carbonyl (C=O) groups is 2. The lowest BCUT2D eigenvalue weighted by atomic mass is 9.72. The minimum Gasteiger partial charge on any atom is -0.468 e. The van der Waals surface area contributed by atoms with E-state index in [4.69, 9.17) is 14.2 Å². The summed E-state index contributed by atoms with van der Waals surface area (Å²) in [6, 6.07) is 0. The maximum absolute atomic E-state index is 12.2. The van der Waals surface area contributed by atoms with Crippen LogP contribution in [0.1, 0.15) is 39.0 Å². The molecular weight excluding hydrogens is 248 g/mol. The molecule has 0 atom stereocenters. The van der Waals surface area contributed by atoms with Crippen LogP contribution in [0.3, 0.4) is 0 Å². The fraction of sp³-hybridized carbons (Fsp3) is 0.857. The summed E-state index contributed by atoms with van der Waals surface area (Å²) in [5.74, 6) is -0.996. The van der Waals surface area contributed by atoms with Crippen molar-refractivity contribution in [1.82, 2.24) is 0 Å². The first-order valence-corrected chi connectivity index (χ1v) is 6.88. The van der Waals surface area contributed by atoms with E-state index in [1.165, 1.54) is 14.2 Å². The van der Waals surface area contributed by atoms with Gasteiger partial charge in [-0.1, -0.05) is 12.8 Å². The van der Waals surface area contributed by atoms with Crippen LogP contribution in [0.4, 0.5) is 0 Å². The summed E-state index contributed by atoms with van der Waals surface area (Å²) < 4.78 is 15.1. The Hall–Kier alpha value is -1.10. The van der Waals surface area contributed by atoms with Gasteiger partial charge in [-0.3, -0.25) is 9.59 Å². The van der Waals surface area contributed by atoms with Crippen molar-refractivity contribution in [2.75, 3.05) is 27.4 Å². The molecule has 1 saturated carbocycles. The van der Waals surface area contributed by atoms with Crippen LogP contribution >= 0.6 is 0 Å². The third-order valence-electron chi connectivity index (χ3n) is 4.00. The Morgan fingerprint density at radius 2 is 1.63 bits per heavy atom. The maximum atomic E-state index is 12.2. The van der Waals surface area contributed by atoms with Gasteiger partial charge in [0.25, 0.3) is 0 Å². The van der Waals surface area contributed by atoms with E-state index in [9.17, 15) is 9.59 Å². The Kier molecular flexibility index (Phi) is 6.28. The van der Waals surface area contributed by atoms with Crippen molar-refractivity contribution in [3.8, 4) is 0 Å². The van der Waals surface area contributed by atoms with E-state index in [2.05, 4.69) is 0 Å². The van der Waals surface area contributed by atoms with Gasteiger partial charge in [0.15, 0.2) is 5.41 Å². The molecule has 0 aromatic rings. The van der Waals surface area contributed by atoms with Crippen molar-refractivity contribution in [3.05, 3.63) is 0 Å². The lowest BCUT2D eigenvalue weighted by Gasteiger charge is -2.33. The van der Waals surface area contributed by atoms with E-state index in [1.807, 2.05) is 6.92 Å². The fourth-order valence-electron chi connectivity index (χ4n) is 2.99. The zero-order valence-electron chi connectivity index (χ0n) is 12.1. The second-order valence-corrected chi connectivity index (χ2v) is 4.88. The van der Waals surface area contributed by atoms with Crippen LogP contribution in [0.2, 0.25) is 0 Å². The van der Waals surface area contributed by atoms with E-state index in [-0.39, 0.29) is 5.92 Å². The van der Waals surface area contributed by atoms with Gasteiger partial charge in [0.1, 0.15) is 0 Å². The Morgan fingerprint density at radius 1 is 1.11 bits per heavy atom. The number of methoxy groups -OCH3 is 2. The van der Waals surface area contributed by atoms with E-state index in [0.717, 1.165) is 25.7 Å². The highest BCUT2D eigenvalue weighted by molar-refractivity contribution is 6.00. The molecule has 0 bridgehead atoms. The molecule has 1 aliphatic rings. The number of hydrogen-bond acceptors (Lipinski definition) is 5. The Bertz CT molecular complexity index is 291. The summed E-state index contributed by atoms with van der Waals surface area (Å²) in [5, 5.41) is 0. The molecule has 0 unspecified atom stereocenters. The molecule has 0 aromatic carbocycles. The van der Waals surface area contributed by atoms with Gasteiger partial charge in [0.2, 0.25) is 0 Å². The zero-order valence-corrected chi connectivity index (χ0v) is 12.1. The first-order chi connectivity index (χ1) is 9.13. The second kappa shape index (κ2) is 7.48. The van der Waals surface area contributed by atoms with Crippen molar-refractivity contribution in [2.45, 2.75) is 39.0 Å². The highest BCUT2D eigenvalue weighted by atomic mass is 16.5. The van der Waals surface area contributed by atoms with Crippen molar-refractivity contribution < 1.29 is 23.8 Å². The molecule has 1 rings (SSSR count). The molecular formula is C14H24O5. The molecule has 19 heavy (non-hydrogen) atoms. The van der Waals surface area contributed by atoms with Crippen molar-refractivity contribution in [3.63, 3.8) is 0 Å². The van der Waals surface area contributed by atoms with Crippen LogP contribution < -0.4 is 0 Å². The summed E-state index contributed by atoms with van der Waals surface area (Å²) >= 11 is 0. The SMILES string of the molecule is CCOCCC(C(=O)OC)(C(=O)OC)C1CCCC1. The molecule has 0 aliphatic heterocycles. The minimum absolute atomic E-state index is 0.00661. The van der Waals surface area contributed by atoms with Crippen molar-refractivity contribution >= 4 is 11.9 Å². The molecule has 0 radical (unpaired) electrons. The van der Waals surface area contributed by atoms with E-state index < -0.39 is 17.4 Å². The first kappa shape index (κ1) is 16.0. The molecule has 0 aromatic heterocycles. The third-order valence-corrected chi connectivity index (χ3v) is 4.00. The fourth-order valence-corrected chi connectivity index (χ4v) is 2.99. The molecule has 0 spiro atoms. The summed E-state index contributed by atoms with van der Waals surface area (Å²) in [7, 11) is 2.63. The summed E-state index contributed by atoms with van der Waals surface area (Å²) in [6.07, 6.45) is 4.11. The molecule has 1 fully saturated rings. The van der Waals surface area contributed by atoms with E-state index in [1.54, 1.807) is 0 Å². The van der Waals surface area contributed by atoms with Gasteiger partial charge in [0, 0.05) is 13.2 Å². The molecule has 1 aliphatic carbocycles. The minimum atomic E-state index is -1.20. The normalized spacial score (nSPS) is 16.4. The van der Waals surface area contributed by atoms with Gasteiger partial charge in [-0.05, 0) is 32.1 Å².